The van der Waals surface area contributed by atoms with Crippen molar-refractivity contribution in [2.75, 3.05) is 24.7 Å². The minimum Gasteiger partial charge on any atom is -0.384 e. The summed E-state index contributed by atoms with van der Waals surface area (Å²) in [5, 5.41) is 3.21. The van der Waals surface area contributed by atoms with Crippen LogP contribution in [-0.4, -0.2) is 19.3 Å². The van der Waals surface area contributed by atoms with E-state index in [9.17, 15) is 0 Å². The second kappa shape index (κ2) is 5.06. The van der Waals surface area contributed by atoms with Crippen molar-refractivity contribution in [2.24, 2.45) is 5.73 Å². The molecular formula is C9H14N2S. The van der Waals surface area contributed by atoms with Crippen LogP contribution in [0.5, 0.6) is 0 Å². The molecule has 3 heteroatoms. The molecule has 0 radical (unpaired) electrons. The van der Waals surface area contributed by atoms with Crippen molar-refractivity contribution in [3.63, 3.8) is 0 Å². The topological polar surface area (TPSA) is 38.0 Å². The van der Waals surface area contributed by atoms with E-state index in [1.54, 1.807) is 11.8 Å². The van der Waals surface area contributed by atoms with E-state index < -0.39 is 0 Å². The van der Waals surface area contributed by atoms with Gasteiger partial charge in [-0.05, 0) is 30.5 Å². The van der Waals surface area contributed by atoms with Crippen molar-refractivity contribution in [3.05, 3.63) is 24.3 Å². The lowest BCUT2D eigenvalue weighted by atomic mass is 10.3. The number of nitrogens with two attached hydrogens (primary N) is 1. The van der Waals surface area contributed by atoms with E-state index in [-0.39, 0.29) is 0 Å². The highest BCUT2D eigenvalue weighted by Gasteiger charge is 1.90. The Morgan fingerprint density at radius 2 is 2.00 bits per heavy atom. The van der Waals surface area contributed by atoms with Crippen LogP contribution in [0.2, 0.25) is 0 Å². The van der Waals surface area contributed by atoms with Gasteiger partial charge < -0.3 is 11.1 Å². The van der Waals surface area contributed by atoms with Crippen LogP contribution in [0.1, 0.15) is 0 Å². The molecule has 0 heterocycles. The first-order valence-corrected chi connectivity index (χ1v) is 5.17. The maximum Gasteiger partial charge on any atom is 0.0341 e. The van der Waals surface area contributed by atoms with Crippen LogP contribution in [0.25, 0.3) is 0 Å². The Bertz CT molecular complexity index is 220. The fourth-order valence-corrected chi connectivity index (χ4v) is 1.33. The van der Waals surface area contributed by atoms with Gasteiger partial charge in [-0.15, -0.1) is 11.8 Å². The van der Waals surface area contributed by atoms with Gasteiger partial charge in [0.1, 0.15) is 0 Å². The fourth-order valence-electron chi connectivity index (χ4n) is 0.925. The lowest BCUT2D eigenvalue weighted by molar-refractivity contribution is 1.02. The summed E-state index contributed by atoms with van der Waals surface area (Å²) in [7, 11) is 0. The maximum atomic E-state index is 5.37. The summed E-state index contributed by atoms with van der Waals surface area (Å²) in [6, 6.07) is 8.34. The van der Waals surface area contributed by atoms with Crippen molar-refractivity contribution in [1.82, 2.24) is 0 Å². The van der Waals surface area contributed by atoms with Crippen LogP contribution in [0.4, 0.5) is 5.69 Å². The second-order valence-corrected chi connectivity index (χ2v) is 3.32. The van der Waals surface area contributed by atoms with Gasteiger partial charge in [-0.2, -0.15) is 0 Å². The van der Waals surface area contributed by atoms with Gasteiger partial charge in [0.15, 0.2) is 0 Å². The summed E-state index contributed by atoms with van der Waals surface area (Å²) in [5.41, 5.74) is 6.50. The Balaban J connectivity index is 2.53. The summed E-state index contributed by atoms with van der Waals surface area (Å²) in [6.45, 7) is 1.50. The SMILES string of the molecule is CSc1ccc(NCCN)cc1. The summed E-state index contributed by atoms with van der Waals surface area (Å²) in [5.74, 6) is 0. The number of nitrogens with one attached hydrogen (secondary N) is 1. The highest BCUT2D eigenvalue weighted by Crippen LogP contribution is 2.16. The zero-order valence-electron chi connectivity index (χ0n) is 7.21. The largest absolute Gasteiger partial charge is 0.384 e. The Hall–Kier alpha value is -0.670. The van der Waals surface area contributed by atoms with E-state index in [2.05, 4.69) is 35.8 Å². The molecule has 0 unspecified atom stereocenters. The minimum atomic E-state index is 0.671. The second-order valence-electron chi connectivity index (χ2n) is 2.44. The van der Waals surface area contributed by atoms with E-state index >= 15 is 0 Å². The molecule has 0 aromatic heterocycles. The van der Waals surface area contributed by atoms with Crippen LogP contribution >= 0.6 is 11.8 Å². The molecule has 0 aliphatic rings. The van der Waals surface area contributed by atoms with Gasteiger partial charge in [-0.25, -0.2) is 0 Å². The number of thioether (sulfide) groups is 1. The Morgan fingerprint density at radius 3 is 2.50 bits per heavy atom. The summed E-state index contributed by atoms with van der Waals surface area (Å²) >= 11 is 1.75. The molecule has 1 aromatic rings. The zero-order chi connectivity index (χ0) is 8.81. The number of hydrogen-bond donors (Lipinski definition) is 2. The quantitative estimate of drug-likeness (QED) is 0.697. The molecule has 66 valence electrons. The van der Waals surface area contributed by atoms with E-state index in [4.69, 9.17) is 5.73 Å². The van der Waals surface area contributed by atoms with Gasteiger partial charge in [-0.3, -0.25) is 0 Å². The number of hydrogen-bond acceptors (Lipinski definition) is 3. The lowest BCUT2D eigenvalue weighted by Gasteiger charge is -2.04. The molecule has 0 atom stereocenters. The van der Waals surface area contributed by atoms with Crippen LogP contribution in [0, 0.1) is 0 Å². The molecule has 0 bridgehead atoms. The molecule has 0 saturated heterocycles. The van der Waals surface area contributed by atoms with Crippen LogP contribution < -0.4 is 11.1 Å². The van der Waals surface area contributed by atoms with Crippen molar-refractivity contribution in [2.45, 2.75) is 4.90 Å². The third kappa shape index (κ3) is 2.75. The van der Waals surface area contributed by atoms with Crippen molar-refractivity contribution >= 4 is 17.4 Å². The Morgan fingerprint density at radius 1 is 1.33 bits per heavy atom. The first-order chi connectivity index (χ1) is 5.86. The molecule has 0 fully saturated rings. The van der Waals surface area contributed by atoms with E-state index in [1.165, 1.54) is 4.90 Å². The number of benzene rings is 1. The van der Waals surface area contributed by atoms with E-state index in [0.29, 0.717) is 6.54 Å². The van der Waals surface area contributed by atoms with Crippen LogP contribution in [0.15, 0.2) is 29.2 Å². The molecule has 12 heavy (non-hydrogen) atoms. The average molecular weight is 182 g/mol. The predicted molar refractivity (Wildman–Crippen MR) is 55.8 cm³/mol. The van der Waals surface area contributed by atoms with Gasteiger partial charge in [0.05, 0.1) is 0 Å². The third-order valence-electron chi connectivity index (χ3n) is 1.56. The highest BCUT2D eigenvalue weighted by molar-refractivity contribution is 7.98. The number of anilines is 1. The summed E-state index contributed by atoms with van der Waals surface area (Å²) < 4.78 is 0. The van der Waals surface area contributed by atoms with Crippen LogP contribution in [-0.2, 0) is 0 Å². The van der Waals surface area contributed by atoms with Crippen LogP contribution in [0.3, 0.4) is 0 Å². The first kappa shape index (κ1) is 9.42. The van der Waals surface area contributed by atoms with Crippen molar-refractivity contribution in [1.29, 1.82) is 0 Å². The molecule has 2 nitrogen and oxygen atoms in total. The Labute approximate surface area is 77.5 Å². The van der Waals surface area contributed by atoms with E-state index in [1.807, 2.05) is 0 Å². The fraction of sp³-hybridized carbons (Fsp3) is 0.333. The third-order valence-corrected chi connectivity index (χ3v) is 2.31. The van der Waals surface area contributed by atoms with Crippen molar-refractivity contribution in [3.8, 4) is 0 Å². The van der Waals surface area contributed by atoms with Gasteiger partial charge in [0, 0.05) is 23.7 Å². The van der Waals surface area contributed by atoms with Gasteiger partial charge in [0.25, 0.3) is 0 Å². The average Bonchev–Trinajstić information content (AvgIpc) is 2.15. The molecule has 0 saturated carbocycles. The first-order valence-electron chi connectivity index (χ1n) is 3.95. The Kier molecular flexibility index (Phi) is 3.97. The zero-order valence-corrected chi connectivity index (χ0v) is 8.03. The maximum absolute atomic E-state index is 5.37. The normalized spacial score (nSPS) is 9.83. The van der Waals surface area contributed by atoms with Gasteiger partial charge >= 0.3 is 0 Å². The van der Waals surface area contributed by atoms with Gasteiger partial charge in [0.2, 0.25) is 0 Å². The molecule has 1 rings (SSSR count). The lowest BCUT2D eigenvalue weighted by Crippen LogP contribution is -2.12. The van der Waals surface area contributed by atoms with E-state index in [0.717, 1.165) is 12.2 Å². The van der Waals surface area contributed by atoms with Gasteiger partial charge in [-0.1, -0.05) is 0 Å². The standard InChI is InChI=1S/C9H14N2S/c1-12-9-4-2-8(3-5-9)11-7-6-10/h2-5,11H,6-7,10H2,1H3. The smallest absolute Gasteiger partial charge is 0.0341 e. The highest BCUT2D eigenvalue weighted by atomic mass is 32.2. The minimum absolute atomic E-state index is 0.671. The molecule has 0 spiro atoms. The summed E-state index contributed by atoms with van der Waals surface area (Å²) in [4.78, 5) is 1.29. The monoisotopic (exact) mass is 182 g/mol. The molecule has 1 aromatic carbocycles. The summed E-state index contributed by atoms with van der Waals surface area (Å²) in [6.07, 6.45) is 2.07. The molecule has 3 N–H and O–H groups in total. The number of rotatable bonds is 4. The predicted octanol–water partition coefficient (Wildman–Crippen LogP) is 1.78. The van der Waals surface area contributed by atoms with Crippen molar-refractivity contribution < 1.29 is 0 Å². The molecule has 0 aliphatic carbocycles. The molecule has 0 aliphatic heterocycles. The molecular weight excluding hydrogens is 168 g/mol. The molecule has 0 amide bonds.